The number of aryl methyl sites for hydroxylation is 2. The Kier molecular flexibility index (Phi) is 4.20. The van der Waals surface area contributed by atoms with E-state index in [-0.39, 0.29) is 5.91 Å². The van der Waals surface area contributed by atoms with Gasteiger partial charge in [0.2, 0.25) is 0 Å². The van der Waals surface area contributed by atoms with E-state index in [2.05, 4.69) is 0 Å². The molecule has 0 radical (unpaired) electrons. The van der Waals surface area contributed by atoms with Gasteiger partial charge < -0.3 is 0 Å². The van der Waals surface area contributed by atoms with Gasteiger partial charge in [-0.05, 0) is 50.3 Å². The van der Waals surface area contributed by atoms with Crippen LogP contribution >= 0.6 is 23.8 Å². The van der Waals surface area contributed by atoms with Crippen molar-refractivity contribution >= 4 is 29.7 Å². The average Bonchev–Trinajstić information content (AvgIpc) is 2.82. The zero-order chi connectivity index (χ0) is 16.6. The summed E-state index contributed by atoms with van der Waals surface area (Å²) < 4.78 is 3.70. The van der Waals surface area contributed by atoms with Crippen LogP contribution in [0.25, 0.3) is 5.69 Å². The van der Waals surface area contributed by atoms with Crippen LogP contribution in [0.15, 0.2) is 54.7 Å². The Morgan fingerprint density at radius 2 is 1.83 bits per heavy atom. The summed E-state index contributed by atoms with van der Waals surface area (Å²) in [6, 6.07) is 14.9. The van der Waals surface area contributed by atoms with Gasteiger partial charge in [0.05, 0.1) is 10.7 Å². The Morgan fingerprint density at radius 1 is 1.09 bits per heavy atom. The molecule has 3 nitrogen and oxygen atoms in total. The van der Waals surface area contributed by atoms with Crippen LogP contribution in [0.3, 0.4) is 0 Å². The van der Waals surface area contributed by atoms with E-state index in [1.807, 2.05) is 54.8 Å². The van der Waals surface area contributed by atoms with Gasteiger partial charge in [-0.25, -0.2) is 0 Å². The number of carbonyl (C=O) groups excluding carboxylic acids is 1. The fourth-order valence-corrected chi connectivity index (χ4v) is 3.15. The first kappa shape index (κ1) is 15.7. The van der Waals surface area contributed by atoms with Crippen molar-refractivity contribution in [2.75, 3.05) is 0 Å². The summed E-state index contributed by atoms with van der Waals surface area (Å²) in [5.41, 5.74) is 3.26. The minimum atomic E-state index is -0.146. The molecule has 0 bridgehead atoms. The third-order valence-electron chi connectivity index (χ3n) is 3.64. The molecule has 0 unspecified atom stereocenters. The first-order valence-corrected chi connectivity index (χ1v) is 7.95. The van der Waals surface area contributed by atoms with E-state index in [9.17, 15) is 4.79 Å². The number of benzene rings is 2. The third-order valence-corrected chi connectivity index (χ3v) is 4.34. The molecule has 1 heterocycles. The van der Waals surface area contributed by atoms with Gasteiger partial charge in [0.25, 0.3) is 5.91 Å². The van der Waals surface area contributed by atoms with E-state index in [4.69, 9.17) is 23.8 Å². The number of carbonyl (C=O) groups is 1. The van der Waals surface area contributed by atoms with Crippen molar-refractivity contribution in [1.29, 1.82) is 0 Å². The molecule has 2 aromatic carbocycles. The number of aromatic nitrogens is 2. The largest absolute Gasteiger partial charge is 0.288 e. The predicted molar refractivity (Wildman–Crippen MR) is 95.2 cm³/mol. The Morgan fingerprint density at radius 3 is 2.52 bits per heavy atom. The SMILES string of the molecule is Cc1cccc(C(=O)n2cc(C)n(-c3ccccc3Cl)c2=S)c1. The maximum absolute atomic E-state index is 12.8. The molecule has 116 valence electrons. The van der Waals surface area contributed by atoms with Crippen molar-refractivity contribution in [3.63, 3.8) is 0 Å². The van der Waals surface area contributed by atoms with Crippen LogP contribution < -0.4 is 0 Å². The van der Waals surface area contributed by atoms with Gasteiger partial charge in [0.15, 0.2) is 4.77 Å². The van der Waals surface area contributed by atoms with Gasteiger partial charge in [-0.3, -0.25) is 13.9 Å². The van der Waals surface area contributed by atoms with E-state index in [1.54, 1.807) is 18.3 Å². The van der Waals surface area contributed by atoms with Gasteiger partial charge in [-0.1, -0.05) is 41.4 Å². The summed E-state index contributed by atoms with van der Waals surface area (Å²) in [5.74, 6) is -0.146. The molecule has 23 heavy (non-hydrogen) atoms. The Labute approximate surface area is 144 Å². The second kappa shape index (κ2) is 6.14. The molecule has 1 aromatic heterocycles. The first-order chi connectivity index (χ1) is 11.0. The van der Waals surface area contributed by atoms with E-state index < -0.39 is 0 Å². The van der Waals surface area contributed by atoms with Gasteiger partial charge >= 0.3 is 0 Å². The third kappa shape index (κ3) is 2.87. The smallest absolute Gasteiger partial charge is 0.264 e. The lowest BCUT2D eigenvalue weighted by Gasteiger charge is -2.07. The van der Waals surface area contributed by atoms with Gasteiger partial charge in [-0.2, -0.15) is 0 Å². The van der Waals surface area contributed by atoms with Gasteiger partial charge in [-0.15, -0.1) is 0 Å². The summed E-state index contributed by atoms with van der Waals surface area (Å²) in [4.78, 5) is 12.8. The molecule has 0 atom stereocenters. The monoisotopic (exact) mass is 342 g/mol. The zero-order valence-corrected chi connectivity index (χ0v) is 14.4. The quantitative estimate of drug-likeness (QED) is 0.615. The van der Waals surface area contributed by atoms with Crippen molar-refractivity contribution in [2.24, 2.45) is 0 Å². The minimum Gasteiger partial charge on any atom is -0.288 e. The number of rotatable bonds is 2. The average molecular weight is 343 g/mol. The minimum absolute atomic E-state index is 0.146. The predicted octanol–water partition coefficient (Wildman–Crippen LogP) is 4.97. The molecule has 0 saturated carbocycles. The second-order valence-electron chi connectivity index (χ2n) is 5.38. The summed E-state index contributed by atoms with van der Waals surface area (Å²) in [5, 5.41) is 0.590. The molecule has 3 aromatic rings. The lowest BCUT2D eigenvalue weighted by Crippen LogP contribution is -2.12. The van der Waals surface area contributed by atoms with Crippen LogP contribution in [0.2, 0.25) is 5.02 Å². The molecule has 0 fully saturated rings. The molecular formula is C18H15ClN2OS. The van der Waals surface area contributed by atoms with Crippen LogP contribution in [0.1, 0.15) is 21.6 Å². The molecule has 0 aliphatic carbocycles. The summed E-state index contributed by atoms with van der Waals surface area (Å²) in [6.07, 6.45) is 1.75. The molecule has 0 saturated heterocycles. The fourth-order valence-electron chi connectivity index (χ4n) is 2.55. The Balaban J connectivity index is 2.14. The lowest BCUT2D eigenvalue weighted by atomic mass is 10.1. The highest BCUT2D eigenvalue weighted by Gasteiger charge is 2.15. The maximum atomic E-state index is 12.8. The molecular weight excluding hydrogens is 328 g/mol. The number of hydrogen-bond donors (Lipinski definition) is 0. The summed E-state index contributed by atoms with van der Waals surface area (Å²) in [6.45, 7) is 3.86. The van der Waals surface area contributed by atoms with Crippen molar-refractivity contribution in [2.45, 2.75) is 13.8 Å². The number of para-hydroxylation sites is 1. The highest BCUT2D eigenvalue weighted by molar-refractivity contribution is 7.71. The van der Waals surface area contributed by atoms with Crippen molar-refractivity contribution < 1.29 is 4.79 Å². The molecule has 0 aliphatic heterocycles. The molecule has 5 heteroatoms. The number of hydrogen-bond acceptors (Lipinski definition) is 2. The highest BCUT2D eigenvalue weighted by Crippen LogP contribution is 2.23. The summed E-state index contributed by atoms with van der Waals surface area (Å²) in [7, 11) is 0. The fraction of sp³-hybridized carbons (Fsp3) is 0.111. The standard InChI is InChI=1S/C18H15ClN2OS/c1-12-6-5-7-14(10-12)17(22)20-11-13(2)21(18(20)23)16-9-4-3-8-15(16)19/h3-11H,1-2H3. The van der Waals surface area contributed by atoms with Crippen LogP contribution in [-0.4, -0.2) is 15.0 Å². The van der Waals surface area contributed by atoms with Crippen LogP contribution in [0, 0.1) is 18.6 Å². The Hall–Kier alpha value is -2.17. The number of nitrogens with zero attached hydrogens (tertiary/aromatic N) is 2. The molecule has 0 amide bonds. The molecule has 0 spiro atoms. The normalized spacial score (nSPS) is 10.7. The van der Waals surface area contributed by atoms with Crippen LogP contribution in [-0.2, 0) is 0 Å². The topological polar surface area (TPSA) is 26.9 Å². The molecule has 0 N–H and O–H groups in total. The second-order valence-corrected chi connectivity index (χ2v) is 6.16. The van der Waals surface area contributed by atoms with E-state index in [0.29, 0.717) is 15.4 Å². The maximum Gasteiger partial charge on any atom is 0.264 e. The van der Waals surface area contributed by atoms with Crippen molar-refractivity contribution in [3.05, 3.63) is 81.3 Å². The van der Waals surface area contributed by atoms with Gasteiger partial charge in [0.1, 0.15) is 0 Å². The summed E-state index contributed by atoms with van der Waals surface area (Å²) >= 11 is 11.8. The van der Waals surface area contributed by atoms with E-state index in [1.165, 1.54) is 4.57 Å². The van der Waals surface area contributed by atoms with Crippen LogP contribution in [0.4, 0.5) is 0 Å². The van der Waals surface area contributed by atoms with Crippen molar-refractivity contribution in [1.82, 2.24) is 9.13 Å². The molecule has 3 rings (SSSR count). The Bertz CT molecular complexity index is 956. The van der Waals surface area contributed by atoms with Gasteiger partial charge in [0, 0.05) is 17.5 Å². The zero-order valence-electron chi connectivity index (χ0n) is 12.8. The number of imidazole rings is 1. The van der Waals surface area contributed by atoms with Crippen LogP contribution in [0.5, 0.6) is 0 Å². The van der Waals surface area contributed by atoms with E-state index in [0.717, 1.165) is 16.9 Å². The van der Waals surface area contributed by atoms with Crippen molar-refractivity contribution in [3.8, 4) is 5.69 Å². The first-order valence-electron chi connectivity index (χ1n) is 7.16. The number of halogens is 1. The lowest BCUT2D eigenvalue weighted by molar-refractivity contribution is 0.0958. The molecule has 0 aliphatic rings. The van der Waals surface area contributed by atoms with E-state index >= 15 is 0 Å². The highest BCUT2D eigenvalue weighted by atomic mass is 35.5.